The quantitative estimate of drug-likeness (QED) is 0.627. The standard InChI is InChI=1S/C8H16N2O2.C5H12N2/c1-3-12-8(11)10-5-4-9-7(2)6-10;1-5-4-6-2-3-7-5/h7,9H,3-6H2,1-2H3;5-7H,2-4H2,1H3/t7-;5-/m00/s1. The van der Waals surface area contributed by atoms with Crippen LogP contribution in [-0.2, 0) is 4.74 Å². The Labute approximate surface area is 116 Å². The zero-order valence-electron chi connectivity index (χ0n) is 12.4. The molecule has 0 aromatic rings. The highest BCUT2D eigenvalue weighted by Gasteiger charge is 2.20. The van der Waals surface area contributed by atoms with Crippen LogP contribution >= 0.6 is 0 Å². The molecule has 6 heteroatoms. The van der Waals surface area contributed by atoms with E-state index in [1.54, 1.807) is 4.90 Å². The van der Waals surface area contributed by atoms with Crippen molar-refractivity contribution in [2.45, 2.75) is 32.9 Å². The van der Waals surface area contributed by atoms with Crippen LogP contribution in [-0.4, -0.2) is 69.0 Å². The maximum atomic E-state index is 11.2. The van der Waals surface area contributed by atoms with E-state index in [1.165, 1.54) is 0 Å². The zero-order chi connectivity index (χ0) is 14.1. The first-order valence-corrected chi connectivity index (χ1v) is 7.22. The number of rotatable bonds is 1. The van der Waals surface area contributed by atoms with Crippen molar-refractivity contribution in [2.75, 3.05) is 45.9 Å². The summed E-state index contributed by atoms with van der Waals surface area (Å²) < 4.78 is 4.89. The molecule has 0 aromatic carbocycles. The summed E-state index contributed by atoms with van der Waals surface area (Å²) in [5, 5.41) is 9.85. The van der Waals surface area contributed by atoms with Crippen LogP contribution in [0, 0.1) is 0 Å². The predicted molar refractivity (Wildman–Crippen MR) is 76.4 cm³/mol. The second-order valence-corrected chi connectivity index (χ2v) is 5.06. The number of piperazine rings is 2. The molecule has 6 nitrogen and oxygen atoms in total. The van der Waals surface area contributed by atoms with E-state index in [0.29, 0.717) is 18.7 Å². The number of ether oxygens (including phenoxy) is 1. The van der Waals surface area contributed by atoms with Gasteiger partial charge in [0, 0.05) is 51.4 Å². The van der Waals surface area contributed by atoms with Crippen LogP contribution in [0.3, 0.4) is 0 Å². The van der Waals surface area contributed by atoms with Crippen molar-refractivity contribution in [1.82, 2.24) is 20.9 Å². The maximum Gasteiger partial charge on any atom is 0.409 e. The third-order valence-electron chi connectivity index (χ3n) is 3.14. The van der Waals surface area contributed by atoms with Crippen molar-refractivity contribution < 1.29 is 9.53 Å². The van der Waals surface area contributed by atoms with Gasteiger partial charge in [0.25, 0.3) is 0 Å². The lowest BCUT2D eigenvalue weighted by Crippen LogP contribution is -2.51. The third-order valence-corrected chi connectivity index (χ3v) is 3.14. The molecule has 2 atom stereocenters. The lowest BCUT2D eigenvalue weighted by atomic mass is 10.2. The van der Waals surface area contributed by atoms with Crippen LogP contribution < -0.4 is 16.0 Å². The summed E-state index contributed by atoms with van der Waals surface area (Å²) in [5.41, 5.74) is 0. The van der Waals surface area contributed by atoms with Crippen LogP contribution in [0.4, 0.5) is 4.79 Å². The molecular formula is C13H28N4O2. The highest BCUT2D eigenvalue weighted by atomic mass is 16.6. The Hall–Kier alpha value is -0.850. The fourth-order valence-corrected chi connectivity index (χ4v) is 2.11. The van der Waals surface area contributed by atoms with Crippen LogP contribution in [0.1, 0.15) is 20.8 Å². The van der Waals surface area contributed by atoms with Crippen molar-refractivity contribution >= 4 is 6.09 Å². The molecule has 2 aliphatic heterocycles. The van der Waals surface area contributed by atoms with Crippen molar-refractivity contribution in [3.8, 4) is 0 Å². The average molecular weight is 272 g/mol. The van der Waals surface area contributed by atoms with E-state index >= 15 is 0 Å². The zero-order valence-corrected chi connectivity index (χ0v) is 12.4. The molecule has 2 fully saturated rings. The van der Waals surface area contributed by atoms with E-state index in [-0.39, 0.29) is 6.09 Å². The molecule has 2 rings (SSSR count). The number of carbonyl (C=O) groups excluding carboxylic acids is 1. The van der Waals surface area contributed by atoms with Gasteiger partial charge in [-0.05, 0) is 20.8 Å². The highest BCUT2D eigenvalue weighted by Crippen LogP contribution is 2.00. The normalized spacial score (nSPS) is 27.2. The molecule has 0 saturated carbocycles. The summed E-state index contributed by atoms with van der Waals surface area (Å²) in [7, 11) is 0. The number of carbonyl (C=O) groups is 1. The van der Waals surface area contributed by atoms with Crippen LogP contribution in [0.5, 0.6) is 0 Å². The molecule has 0 bridgehead atoms. The molecule has 2 heterocycles. The summed E-state index contributed by atoms with van der Waals surface area (Å²) in [6.45, 7) is 12.3. The molecule has 1 amide bonds. The van der Waals surface area contributed by atoms with Gasteiger partial charge in [0.15, 0.2) is 0 Å². The molecule has 0 spiro atoms. The smallest absolute Gasteiger partial charge is 0.409 e. The average Bonchev–Trinajstić information content (AvgIpc) is 2.40. The first-order chi connectivity index (χ1) is 9.13. The molecule has 19 heavy (non-hydrogen) atoms. The van der Waals surface area contributed by atoms with Gasteiger partial charge in [-0.15, -0.1) is 0 Å². The van der Waals surface area contributed by atoms with Gasteiger partial charge in [0.1, 0.15) is 0 Å². The second-order valence-electron chi connectivity index (χ2n) is 5.06. The van der Waals surface area contributed by atoms with Crippen molar-refractivity contribution in [1.29, 1.82) is 0 Å². The molecule has 0 aliphatic carbocycles. The minimum absolute atomic E-state index is 0.189. The second kappa shape index (κ2) is 9.12. The van der Waals surface area contributed by atoms with E-state index in [9.17, 15) is 4.79 Å². The van der Waals surface area contributed by atoms with Crippen molar-refractivity contribution in [3.05, 3.63) is 0 Å². The molecular weight excluding hydrogens is 244 g/mol. The molecule has 0 radical (unpaired) electrons. The van der Waals surface area contributed by atoms with Gasteiger partial charge in [-0.3, -0.25) is 0 Å². The van der Waals surface area contributed by atoms with E-state index < -0.39 is 0 Å². The van der Waals surface area contributed by atoms with Gasteiger partial charge in [0.05, 0.1) is 6.61 Å². The molecule has 112 valence electrons. The first-order valence-electron chi connectivity index (χ1n) is 7.22. The molecule has 2 aliphatic rings. The van der Waals surface area contributed by atoms with Gasteiger partial charge in [0.2, 0.25) is 0 Å². The number of nitrogens with zero attached hydrogens (tertiary/aromatic N) is 1. The summed E-state index contributed by atoms with van der Waals surface area (Å²) in [6.07, 6.45) is -0.189. The number of hydrogen-bond donors (Lipinski definition) is 3. The largest absolute Gasteiger partial charge is 0.450 e. The summed E-state index contributed by atoms with van der Waals surface area (Å²) >= 11 is 0. The van der Waals surface area contributed by atoms with Gasteiger partial charge in [-0.2, -0.15) is 0 Å². The minimum Gasteiger partial charge on any atom is -0.450 e. The summed E-state index contributed by atoms with van der Waals surface area (Å²) in [6, 6.07) is 1.05. The van der Waals surface area contributed by atoms with Crippen molar-refractivity contribution in [3.63, 3.8) is 0 Å². The lowest BCUT2D eigenvalue weighted by molar-refractivity contribution is 0.0962. The Morgan fingerprint density at radius 2 is 1.95 bits per heavy atom. The monoisotopic (exact) mass is 272 g/mol. The Morgan fingerprint density at radius 1 is 1.21 bits per heavy atom. The Bertz CT molecular complexity index is 257. The maximum absolute atomic E-state index is 11.2. The van der Waals surface area contributed by atoms with E-state index in [1.807, 2.05) is 6.92 Å². The van der Waals surface area contributed by atoms with Gasteiger partial charge < -0.3 is 25.6 Å². The van der Waals surface area contributed by atoms with Gasteiger partial charge >= 0.3 is 6.09 Å². The first kappa shape index (κ1) is 16.2. The van der Waals surface area contributed by atoms with Crippen LogP contribution in [0.15, 0.2) is 0 Å². The Morgan fingerprint density at radius 3 is 2.42 bits per heavy atom. The van der Waals surface area contributed by atoms with Gasteiger partial charge in [-0.1, -0.05) is 0 Å². The molecule has 0 unspecified atom stereocenters. The van der Waals surface area contributed by atoms with Crippen LogP contribution in [0.2, 0.25) is 0 Å². The molecule has 2 saturated heterocycles. The SMILES string of the molecule is CCOC(=O)N1CCN[C@@H](C)C1.C[C@H]1CNCCN1. The number of nitrogens with one attached hydrogen (secondary N) is 3. The Kier molecular flexibility index (Phi) is 7.78. The predicted octanol–water partition coefficient (Wildman–Crippen LogP) is 0.00430. The Balaban J connectivity index is 0.000000218. The van der Waals surface area contributed by atoms with Gasteiger partial charge in [-0.25, -0.2) is 4.79 Å². The van der Waals surface area contributed by atoms with Crippen LogP contribution in [0.25, 0.3) is 0 Å². The minimum atomic E-state index is -0.189. The van der Waals surface area contributed by atoms with E-state index in [2.05, 4.69) is 29.8 Å². The fourth-order valence-electron chi connectivity index (χ4n) is 2.11. The molecule has 3 N–H and O–H groups in total. The third kappa shape index (κ3) is 6.75. The fraction of sp³-hybridized carbons (Fsp3) is 0.923. The van der Waals surface area contributed by atoms with E-state index in [0.717, 1.165) is 39.3 Å². The number of amides is 1. The molecule has 0 aromatic heterocycles. The van der Waals surface area contributed by atoms with E-state index in [4.69, 9.17) is 4.74 Å². The number of hydrogen-bond acceptors (Lipinski definition) is 5. The van der Waals surface area contributed by atoms with Crippen molar-refractivity contribution in [2.24, 2.45) is 0 Å². The lowest BCUT2D eigenvalue weighted by Gasteiger charge is -2.30. The highest BCUT2D eigenvalue weighted by molar-refractivity contribution is 5.67. The summed E-state index contributed by atoms with van der Waals surface area (Å²) in [5.74, 6) is 0. The summed E-state index contributed by atoms with van der Waals surface area (Å²) in [4.78, 5) is 13.0. The topological polar surface area (TPSA) is 65.6 Å².